The van der Waals surface area contributed by atoms with Crippen molar-refractivity contribution in [2.45, 2.75) is 6.92 Å². The second kappa shape index (κ2) is 2.28. The molecule has 1 heterocycles. The Hall–Kier alpha value is -0.950. The number of aryl methyl sites for hydroxylation is 1. The molecule has 2 heteroatoms. The van der Waals surface area contributed by atoms with Gasteiger partial charge < -0.3 is 4.42 Å². The summed E-state index contributed by atoms with van der Waals surface area (Å²) in [5.74, 6) is 0. The minimum absolute atomic E-state index is 0.749. The number of hydrogen-bond donors (Lipinski definition) is 0. The van der Waals surface area contributed by atoms with Crippen LogP contribution in [0.3, 0.4) is 0 Å². The van der Waals surface area contributed by atoms with Crippen molar-refractivity contribution in [1.29, 1.82) is 0 Å². The van der Waals surface area contributed by atoms with Crippen LogP contribution < -0.4 is 0 Å². The molecule has 0 aliphatic heterocycles. The summed E-state index contributed by atoms with van der Waals surface area (Å²) >= 11 is 5.91. The molecule has 11 heavy (non-hydrogen) atoms. The Morgan fingerprint density at radius 3 is 2.82 bits per heavy atom. The van der Waals surface area contributed by atoms with E-state index >= 15 is 0 Å². The van der Waals surface area contributed by atoms with Gasteiger partial charge in [0.05, 0.1) is 11.3 Å². The van der Waals surface area contributed by atoms with E-state index in [1.54, 1.807) is 6.26 Å². The van der Waals surface area contributed by atoms with Crippen LogP contribution in [0.25, 0.3) is 11.0 Å². The Balaban J connectivity index is 2.96. The second-order valence-corrected chi connectivity index (χ2v) is 2.93. The maximum absolute atomic E-state index is 5.91. The Morgan fingerprint density at radius 2 is 2.09 bits per heavy atom. The van der Waals surface area contributed by atoms with Gasteiger partial charge in [-0.05, 0) is 24.6 Å². The molecule has 56 valence electrons. The van der Waals surface area contributed by atoms with Crippen LogP contribution in [-0.2, 0) is 0 Å². The molecule has 0 aliphatic rings. The molecule has 0 unspecified atom stereocenters. The number of benzene rings is 1. The van der Waals surface area contributed by atoms with Gasteiger partial charge in [-0.15, -0.1) is 0 Å². The molecule has 0 atom stereocenters. The Labute approximate surface area is 69.6 Å². The summed E-state index contributed by atoms with van der Waals surface area (Å²) < 4.78 is 5.25. The molecule has 0 fully saturated rings. The molecule has 1 aromatic carbocycles. The van der Waals surface area contributed by atoms with Gasteiger partial charge in [-0.1, -0.05) is 17.7 Å². The third-order valence-electron chi connectivity index (χ3n) is 1.76. The molecular formula is C9H7ClO. The van der Waals surface area contributed by atoms with Crippen molar-refractivity contribution in [2.24, 2.45) is 0 Å². The summed E-state index contributed by atoms with van der Waals surface area (Å²) in [6, 6.07) is 5.72. The van der Waals surface area contributed by atoms with E-state index in [2.05, 4.69) is 0 Å². The van der Waals surface area contributed by atoms with Crippen molar-refractivity contribution in [1.82, 2.24) is 0 Å². The van der Waals surface area contributed by atoms with Crippen LogP contribution in [0.5, 0.6) is 0 Å². The Kier molecular flexibility index (Phi) is 1.40. The van der Waals surface area contributed by atoms with Crippen LogP contribution in [-0.4, -0.2) is 0 Å². The summed E-state index contributed by atoms with van der Waals surface area (Å²) in [7, 11) is 0. The van der Waals surface area contributed by atoms with E-state index in [9.17, 15) is 0 Å². The first-order chi connectivity index (χ1) is 5.29. The standard InChI is InChI=1S/C9H7ClO/c1-6-2-3-8(10)7-4-5-11-9(6)7/h2-5H,1H3. The van der Waals surface area contributed by atoms with Crippen LogP contribution >= 0.6 is 11.6 Å². The molecule has 0 N–H and O–H groups in total. The average Bonchev–Trinajstić information content (AvgIpc) is 2.45. The molecule has 1 aromatic heterocycles. The highest BCUT2D eigenvalue weighted by Crippen LogP contribution is 2.26. The lowest BCUT2D eigenvalue weighted by Crippen LogP contribution is -1.72. The van der Waals surface area contributed by atoms with E-state index in [4.69, 9.17) is 16.0 Å². The summed E-state index contributed by atoms with van der Waals surface area (Å²) in [6.45, 7) is 2.00. The quantitative estimate of drug-likeness (QED) is 0.585. The van der Waals surface area contributed by atoms with Crippen molar-refractivity contribution in [3.8, 4) is 0 Å². The fourth-order valence-corrected chi connectivity index (χ4v) is 1.38. The first-order valence-corrected chi connectivity index (χ1v) is 3.79. The van der Waals surface area contributed by atoms with E-state index in [-0.39, 0.29) is 0 Å². The zero-order valence-corrected chi connectivity index (χ0v) is 6.85. The third-order valence-corrected chi connectivity index (χ3v) is 2.09. The summed E-state index contributed by atoms with van der Waals surface area (Å²) in [5, 5.41) is 1.74. The minimum atomic E-state index is 0.749. The highest BCUT2D eigenvalue weighted by atomic mass is 35.5. The van der Waals surface area contributed by atoms with Crippen LogP contribution in [0.15, 0.2) is 28.9 Å². The third kappa shape index (κ3) is 0.925. The number of rotatable bonds is 0. The minimum Gasteiger partial charge on any atom is -0.464 e. The monoisotopic (exact) mass is 166 g/mol. The highest BCUT2D eigenvalue weighted by Gasteiger charge is 2.02. The molecular weight excluding hydrogens is 160 g/mol. The van der Waals surface area contributed by atoms with Gasteiger partial charge >= 0.3 is 0 Å². The van der Waals surface area contributed by atoms with Gasteiger partial charge in [-0.2, -0.15) is 0 Å². The van der Waals surface area contributed by atoms with Gasteiger partial charge in [0.1, 0.15) is 5.58 Å². The maximum atomic E-state index is 5.91. The van der Waals surface area contributed by atoms with Crippen LogP contribution in [0.2, 0.25) is 5.02 Å². The van der Waals surface area contributed by atoms with Gasteiger partial charge in [0.2, 0.25) is 0 Å². The van der Waals surface area contributed by atoms with Gasteiger partial charge in [0.25, 0.3) is 0 Å². The molecule has 0 amide bonds. The fourth-order valence-electron chi connectivity index (χ4n) is 1.17. The lowest BCUT2D eigenvalue weighted by atomic mass is 10.2. The van der Waals surface area contributed by atoms with Gasteiger partial charge in [-0.3, -0.25) is 0 Å². The SMILES string of the molecule is Cc1ccc(Cl)c2ccoc12. The van der Waals surface area contributed by atoms with E-state index in [1.165, 1.54) is 0 Å². The zero-order valence-electron chi connectivity index (χ0n) is 6.10. The van der Waals surface area contributed by atoms with Crippen molar-refractivity contribution in [3.63, 3.8) is 0 Å². The van der Waals surface area contributed by atoms with Gasteiger partial charge in [0.15, 0.2) is 0 Å². The number of furan rings is 1. The van der Waals surface area contributed by atoms with Gasteiger partial charge in [0, 0.05) is 5.39 Å². The van der Waals surface area contributed by atoms with E-state index in [0.717, 1.165) is 21.6 Å². The predicted molar refractivity (Wildman–Crippen MR) is 46.0 cm³/mol. The summed E-state index contributed by atoms with van der Waals surface area (Å²) in [5.41, 5.74) is 2.01. The lowest BCUT2D eigenvalue weighted by molar-refractivity contribution is 0.613. The predicted octanol–water partition coefficient (Wildman–Crippen LogP) is 3.39. The van der Waals surface area contributed by atoms with Crippen molar-refractivity contribution < 1.29 is 4.42 Å². The number of halogens is 1. The average molecular weight is 167 g/mol. The van der Waals surface area contributed by atoms with Crippen LogP contribution in [0.1, 0.15) is 5.56 Å². The summed E-state index contributed by atoms with van der Waals surface area (Å²) in [4.78, 5) is 0. The number of hydrogen-bond acceptors (Lipinski definition) is 1. The zero-order chi connectivity index (χ0) is 7.84. The normalized spacial score (nSPS) is 10.7. The van der Waals surface area contributed by atoms with Crippen LogP contribution in [0.4, 0.5) is 0 Å². The Bertz CT molecular complexity index is 353. The van der Waals surface area contributed by atoms with E-state index < -0.39 is 0 Å². The molecule has 2 aromatic rings. The molecule has 0 aliphatic carbocycles. The maximum Gasteiger partial charge on any atom is 0.138 e. The van der Waals surface area contributed by atoms with Crippen molar-refractivity contribution >= 4 is 22.6 Å². The van der Waals surface area contributed by atoms with Crippen molar-refractivity contribution in [3.05, 3.63) is 35.0 Å². The molecule has 0 saturated carbocycles. The largest absolute Gasteiger partial charge is 0.464 e. The second-order valence-electron chi connectivity index (χ2n) is 2.53. The molecule has 2 rings (SSSR count). The van der Waals surface area contributed by atoms with E-state index in [1.807, 2.05) is 25.1 Å². The first kappa shape index (κ1) is 6.74. The smallest absolute Gasteiger partial charge is 0.138 e. The molecule has 0 spiro atoms. The van der Waals surface area contributed by atoms with Crippen molar-refractivity contribution in [2.75, 3.05) is 0 Å². The topological polar surface area (TPSA) is 13.1 Å². The molecule has 1 nitrogen and oxygen atoms in total. The number of fused-ring (bicyclic) bond motifs is 1. The first-order valence-electron chi connectivity index (χ1n) is 3.41. The highest BCUT2D eigenvalue weighted by molar-refractivity contribution is 6.35. The molecule has 0 saturated heterocycles. The molecule has 0 bridgehead atoms. The van der Waals surface area contributed by atoms with Crippen LogP contribution in [0, 0.1) is 6.92 Å². The summed E-state index contributed by atoms with van der Waals surface area (Å²) in [6.07, 6.45) is 1.66. The lowest BCUT2D eigenvalue weighted by Gasteiger charge is -1.94. The Morgan fingerprint density at radius 1 is 1.27 bits per heavy atom. The fraction of sp³-hybridized carbons (Fsp3) is 0.111. The van der Waals surface area contributed by atoms with E-state index in [0.29, 0.717) is 0 Å². The molecule has 0 radical (unpaired) electrons. The van der Waals surface area contributed by atoms with Gasteiger partial charge in [-0.25, -0.2) is 0 Å².